The van der Waals surface area contributed by atoms with E-state index in [1.54, 1.807) is 16.7 Å². The topological polar surface area (TPSA) is 58.6 Å². The Bertz CT molecular complexity index is 572. The Morgan fingerprint density at radius 1 is 1.45 bits per heavy atom. The van der Waals surface area contributed by atoms with Crippen LogP contribution < -0.4 is 10.2 Å². The largest absolute Gasteiger partial charge is 0.425 e. The number of amides is 2. The molecule has 1 unspecified atom stereocenters. The highest BCUT2D eigenvalue weighted by atomic mass is 32.2. The van der Waals surface area contributed by atoms with Gasteiger partial charge in [-0.1, -0.05) is 17.8 Å². The van der Waals surface area contributed by atoms with Crippen LogP contribution in [0, 0.1) is 0 Å². The van der Waals surface area contributed by atoms with Gasteiger partial charge in [-0.3, -0.25) is 9.69 Å². The number of rotatable bonds is 3. The van der Waals surface area contributed by atoms with Gasteiger partial charge in [-0.25, -0.2) is 4.79 Å². The Balaban J connectivity index is 2.02. The quantitative estimate of drug-likeness (QED) is 0.856. The Morgan fingerprint density at radius 3 is 2.82 bits per heavy atom. The van der Waals surface area contributed by atoms with Crippen molar-refractivity contribution < 1.29 is 14.3 Å². The second-order valence-corrected chi connectivity index (χ2v) is 7.78. The van der Waals surface area contributed by atoms with Gasteiger partial charge in [0.2, 0.25) is 5.44 Å². The van der Waals surface area contributed by atoms with Crippen LogP contribution in [0.3, 0.4) is 0 Å². The molecule has 1 heterocycles. The van der Waals surface area contributed by atoms with Crippen molar-refractivity contribution >= 4 is 41.2 Å². The SMILES string of the molecule is CSc1cccc(N2CSC(OC(=O)NC(C)(C)C)C2=O)c1. The third-order valence-electron chi connectivity index (χ3n) is 2.88. The lowest BCUT2D eigenvalue weighted by Gasteiger charge is -2.21. The number of hydrogen-bond donors (Lipinski definition) is 1. The van der Waals surface area contributed by atoms with Gasteiger partial charge in [-0.15, -0.1) is 11.8 Å². The highest BCUT2D eigenvalue weighted by Crippen LogP contribution is 2.31. The van der Waals surface area contributed by atoms with Crippen LogP contribution in [-0.2, 0) is 9.53 Å². The van der Waals surface area contributed by atoms with Crippen LogP contribution in [0.2, 0.25) is 0 Å². The van der Waals surface area contributed by atoms with Crippen molar-refractivity contribution in [1.29, 1.82) is 0 Å². The average molecular weight is 340 g/mol. The molecule has 0 saturated carbocycles. The van der Waals surface area contributed by atoms with Crippen LogP contribution in [0.5, 0.6) is 0 Å². The molecule has 0 spiro atoms. The molecule has 1 aliphatic rings. The number of benzene rings is 1. The standard InChI is InChI=1S/C15H20N2O3S2/c1-15(2,3)16-14(19)20-13-12(18)17(9-22-13)10-6-5-7-11(8-10)21-4/h5-8,13H,9H2,1-4H3,(H,16,19). The van der Waals surface area contributed by atoms with Gasteiger partial charge in [0, 0.05) is 16.1 Å². The fraction of sp³-hybridized carbons (Fsp3) is 0.467. The minimum Gasteiger partial charge on any atom is -0.425 e. The molecule has 0 radical (unpaired) electrons. The van der Waals surface area contributed by atoms with Crippen molar-refractivity contribution in [3.63, 3.8) is 0 Å². The van der Waals surface area contributed by atoms with E-state index in [1.165, 1.54) is 11.8 Å². The van der Waals surface area contributed by atoms with Gasteiger partial charge in [0.25, 0.3) is 5.91 Å². The van der Waals surface area contributed by atoms with Crippen molar-refractivity contribution in [1.82, 2.24) is 5.32 Å². The zero-order chi connectivity index (χ0) is 16.3. The first kappa shape index (κ1) is 17.0. The van der Waals surface area contributed by atoms with E-state index < -0.39 is 17.1 Å². The molecule has 2 amide bonds. The maximum absolute atomic E-state index is 12.4. The smallest absolute Gasteiger partial charge is 0.409 e. The summed E-state index contributed by atoms with van der Waals surface area (Å²) in [6.45, 7) is 5.58. The average Bonchev–Trinajstić information content (AvgIpc) is 2.78. The molecule has 22 heavy (non-hydrogen) atoms. The third kappa shape index (κ3) is 4.33. The molecule has 7 heteroatoms. The summed E-state index contributed by atoms with van der Waals surface area (Å²) in [7, 11) is 0. The van der Waals surface area contributed by atoms with E-state index in [9.17, 15) is 9.59 Å². The maximum Gasteiger partial charge on any atom is 0.409 e. The van der Waals surface area contributed by atoms with Crippen LogP contribution in [0.4, 0.5) is 10.5 Å². The van der Waals surface area contributed by atoms with Crippen molar-refractivity contribution in [2.75, 3.05) is 17.0 Å². The molecule has 1 aromatic rings. The van der Waals surface area contributed by atoms with E-state index in [4.69, 9.17) is 4.74 Å². The van der Waals surface area contributed by atoms with Gasteiger partial charge in [-0.05, 0) is 45.2 Å². The summed E-state index contributed by atoms with van der Waals surface area (Å²) in [4.78, 5) is 26.9. The Hall–Kier alpha value is -1.34. The van der Waals surface area contributed by atoms with Crippen LogP contribution >= 0.6 is 23.5 Å². The highest BCUT2D eigenvalue weighted by Gasteiger charge is 2.36. The lowest BCUT2D eigenvalue weighted by molar-refractivity contribution is -0.122. The van der Waals surface area contributed by atoms with Crippen molar-refractivity contribution in [2.24, 2.45) is 0 Å². The van der Waals surface area contributed by atoms with Crippen molar-refractivity contribution in [2.45, 2.75) is 36.6 Å². The van der Waals surface area contributed by atoms with E-state index in [0.29, 0.717) is 5.88 Å². The number of carbonyl (C=O) groups is 2. The summed E-state index contributed by atoms with van der Waals surface area (Å²) in [5.41, 5.74) is -0.359. The summed E-state index contributed by atoms with van der Waals surface area (Å²) in [5, 5.41) is 2.69. The molecule has 120 valence electrons. The molecule has 2 rings (SSSR count). The van der Waals surface area contributed by atoms with Crippen LogP contribution in [0.15, 0.2) is 29.2 Å². The van der Waals surface area contributed by atoms with Gasteiger partial charge < -0.3 is 10.1 Å². The Morgan fingerprint density at radius 2 is 2.18 bits per heavy atom. The molecule has 0 aromatic heterocycles. The number of nitrogens with one attached hydrogen (secondary N) is 1. The first-order valence-corrected chi connectivity index (χ1v) is 9.13. The zero-order valence-corrected chi connectivity index (χ0v) is 14.7. The summed E-state index contributed by atoms with van der Waals surface area (Å²) >= 11 is 2.93. The molecular weight excluding hydrogens is 320 g/mol. The number of nitrogens with zero attached hydrogens (tertiary/aromatic N) is 1. The Kier molecular flexibility index (Phi) is 5.28. The monoisotopic (exact) mass is 340 g/mol. The minimum absolute atomic E-state index is 0.202. The molecule has 1 aliphatic heterocycles. The number of hydrogen-bond acceptors (Lipinski definition) is 5. The van der Waals surface area contributed by atoms with Gasteiger partial charge in [0.1, 0.15) is 0 Å². The van der Waals surface area contributed by atoms with Gasteiger partial charge in [0.15, 0.2) is 0 Å². The molecule has 5 nitrogen and oxygen atoms in total. The molecule has 0 aliphatic carbocycles. The second kappa shape index (κ2) is 6.83. The van der Waals surface area contributed by atoms with E-state index in [0.717, 1.165) is 10.6 Å². The normalized spacial score (nSPS) is 18.5. The maximum atomic E-state index is 12.4. The van der Waals surface area contributed by atoms with E-state index in [-0.39, 0.29) is 5.91 Å². The fourth-order valence-electron chi connectivity index (χ4n) is 1.90. The number of alkyl carbamates (subject to hydrolysis) is 1. The highest BCUT2D eigenvalue weighted by molar-refractivity contribution is 8.01. The molecular formula is C15H20N2O3S2. The summed E-state index contributed by atoms with van der Waals surface area (Å²) < 4.78 is 5.22. The van der Waals surface area contributed by atoms with Crippen molar-refractivity contribution in [3.8, 4) is 0 Å². The fourth-order valence-corrected chi connectivity index (χ4v) is 3.34. The predicted octanol–water partition coefficient (Wildman–Crippen LogP) is 3.30. The summed E-state index contributed by atoms with van der Waals surface area (Å²) in [5.74, 6) is 0.275. The summed E-state index contributed by atoms with van der Waals surface area (Å²) in [6, 6.07) is 7.75. The van der Waals surface area contributed by atoms with E-state index in [1.807, 2.05) is 51.3 Å². The molecule has 1 aromatic carbocycles. The lowest BCUT2D eigenvalue weighted by atomic mass is 10.1. The number of ether oxygens (including phenoxy) is 1. The number of carbonyl (C=O) groups excluding carboxylic acids is 2. The van der Waals surface area contributed by atoms with E-state index in [2.05, 4.69) is 5.32 Å². The Labute approximate surface area is 139 Å². The van der Waals surface area contributed by atoms with Gasteiger partial charge in [-0.2, -0.15) is 0 Å². The van der Waals surface area contributed by atoms with Crippen molar-refractivity contribution in [3.05, 3.63) is 24.3 Å². The number of anilines is 1. The first-order valence-electron chi connectivity index (χ1n) is 6.86. The predicted molar refractivity (Wildman–Crippen MR) is 91.3 cm³/mol. The second-order valence-electron chi connectivity index (χ2n) is 5.88. The minimum atomic E-state index is -0.791. The van der Waals surface area contributed by atoms with Crippen LogP contribution in [-0.4, -0.2) is 35.1 Å². The van der Waals surface area contributed by atoms with Gasteiger partial charge in [0.05, 0.1) is 5.88 Å². The first-order chi connectivity index (χ1) is 10.3. The van der Waals surface area contributed by atoms with Crippen LogP contribution in [0.25, 0.3) is 0 Å². The van der Waals surface area contributed by atoms with E-state index >= 15 is 0 Å². The molecule has 1 N–H and O–H groups in total. The molecule has 0 bridgehead atoms. The molecule has 1 saturated heterocycles. The molecule has 1 atom stereocenters. The third-order valence-corrected chi connectivity index (χ3v) is 4.61. The zero-order valence-electron chi connectivity index (χ0n) is 13.1. The lowest BCUT2D eigenvalue weighted by Crippen LogP contribution is -2.43. The van der Waals surface area contributed by atoms with Crippen LogP contribution in [0.1, 0.15) is 20.8 Å². The van der Waals surface area contributed by atoms with Gasteiger partial charge >= 0.3 is 6.09 Å². The number of thioether (sulfide) groups is 2. The summed E-state index contributed by atoms with van der Waals surface area (Å²) in [6.07, 6.45) is 1.42. The molecule has 1 fully saturated rings.